The highest BCUT2D eigenvalue weighted by molar-refractivity contribution is 5.94. The fourth-order valence-electron chi connectivity index (χ4n) is 2.77. The van der Waals surface area contributed by atoms with Gasteiger partial charge in [0.2, 0.25) is 5.91 Å². The number of rotatable bonds is 6. The van der Waals surface area contributed by atoms with Crippen LogP contribution >= 0.6 is 0 Å². The summed E-state index contributed by atoms with van der Waals surface area (Å²) in [5.41, 5.74) is 6.99. The van der Waals surface area contributed by atoms with Gasteiger partial charge in [0.1, 0.15) is 11.8 Å². The summed E-state index contributed by atoms with van der Waals surface area (Å²) in [5.74, 6) is 0.941. The minimum atomic E-state index is -0.422. The molecule has 1 aromatic carbocycles. The molecule has 6 heteroatoms. The Morgan fingerprint density at radius 3 is 2.70 bits per heavy atom. The number of likely N-dealkylation sites (N-methyl/N-ethyl adjacent to an activating group) is 1. The largest absolute Gasteiger partial charge is 0.360 e. The first kappa shape index (κ1) is 15.7. The van der Waals surface area contributed by atoms with Gasteiger partial charge in [0.25, 0.3) is 0 Å². The summed E-state index contributed by atoms with van der Waals surface area (Å²) in [6, 6.07) is 11.0. The number of hydrogen-bond acceptors (Lipinski definition) is 5. The third kappa shape index (κ3) is 3.78. The van der Waals surface area contributed by atoms with Crippen LogP contribution in [0.15, 0.2) is 40.9 Å². The maximum absolute atomic E-state index is 12.8. The Balaban J connectivity index is 1.80. The van der Waals surface area contributed by atoms with Crippen LogP contribution in [0, 0.1) is 6.92 Å². The van der Waals surface area contributed by atoms with Gasteiger partial charge in [-0.2, -0.15) is 0 Å². The molecule has 0 saturated heterocycles. The normalized spacial score (nSPS) is 17.0. The Kier molecular flexibility index (Phi) is 4.19. The molecule has 1 heterocycles. The number of anilines is 1. The molecule has 6 nitrogen and oxygen atoms in total. The van der Waals surface area contributed by atoms with Gasteiger partial charge in [-0.15, -0.1) is 0 Å². The molecule has 1 unspecified atom stereocenters. The summed E-state index contributed by atoms with van der Waals surface area (Å²) in [5, 5.41) is 6.65. The molecular formula is C17H22N4O2. The van der Waals surface area contributed by atoms with Crippen molar-refractivity contribution >= 4 is 11.7 Å². The Bertz CT molecular complexity index is 679. The lowest BCUT2D eigenvalue weighted by atomic mass is 10.0. The van der Waals surface area contributed by atoms with Crippen molar-refractivity contribution in [3.8, 4) is 0 Å². The molecule has 3 N–H and O–H groups in total. The monoisotopic (exact) mass is 314 g/mol. The van der Waals surface area contributed by atoms with Crippen LogP contribution in [0.3, 0.4) is 0 Å². The summed E-state index contributed by atoms with van der Waals surface area (Å²) >= 11 is 0. The number of carbonyl (C=O) groups is 1. The van der Waals surface area contributed by atoms with E-state index in [0.717, 1.165) is 18.4 Å². The summed E-state index contributed by atoms with van der Waals surface area (Å²) < 4.78 is 5.00. The lowest BCUT2D eigenvalue weighted by molar-refractivity contribution is -0.121. The average molecular weight is 314 g/mol. The molecule has 0 spiro atoms. The quantitative estimate of drug-likeness (QED) is 0.853. The molecule has 1 amide bonds. The minimum absolute atomic E-state index is 0.142. The second-order valence-electron chi connectivity index (χ2n) is 6.40. The van der Waals surface area contributed by atoms with Gasteiger partial charge in [0, 0.05) is 18.2 Å². The Hall–Kier alpha value is -2.18. The predicted octanol–water partition coefficient (Wildman–Crippen LogP) is 2.09. The summed E-state index contributed by atoms with van der Waals surface area (Å²) in [6.07, 6.45) is 2.01. The lowest BCUT2D eigenvalue weighted by Gasteiger charge is -2.29. The van der Waals surface area contributed by atoms with Crippen molar-refractivity contribution in [2.75, 3.05) is 18.9 Å². The van der Waals surface area contributed by atoms with Crippen LogP contribution in [-0.2, 0) is 4.79 Å². The van der Waals surface area contributed by atoms with E-state index in [9.17, 15) is 4.79 Å². The van der Waals surface area contributed by atoms with Gasteiger partial charge in [-0.1, -0.05) is 35.5 Å². The van der Waals surface area contributed by atoms with Gasteiger partial charge < -0.3 is 15.6 Å². The molecule has 3 rings (SSSR count). The number of nitrogens with zero attached hydrogens (tertiary/aromatic N) is 2. The molecule has 0 aliphatic heterocycles. The number of aromatic nitrogens is 1. The van der Waals surface area contributed by atoms with E-state index in [1.807, 2.05) is 42.3 Å². The van der Waals surface area contributed by atoms with Crippen LogP contribution in [0.25, 0.3) is 0 Å². The van der Waals surface area contributed by atoms with E-state index in [1.54, 1.807) is 13.0 Å². The topological polar surface area (TPSA) is 84.4 Å². The maximum atomic E-state index is 12.8. The molecule has 1 aromatic heterocycles. The van der Waals surface area contributed by atoms with E-state index < -0.39 is 6.04 Å². The Morgan fingerprint density at radius 2 is 2.13 bits per heavy atom. The third-order valence-corrected chi connectivity index (χ3v) is 4.14. The zero-order chi connectivity index (χ0) is 16.4. The number of nitrogens with one attached hydrogen (secondary N) is 1. The fraction of sp³-hybridized carbons (Fsp3) is 0.412. The van der Waals surface area contributed by atoms with E-state index in [2.05, 4.69) is 10.5 Å². The molecule has 0 bridgehead atoms. The van der Waals surface area contributed by atoms with Crippen LogP contribution in [0.2, 0.25) is 0 Å². The summed E-state index contributed by atoms with van der Waals surface area (Å²) in [7, 11) is 1.93. The maximum Gasteiger partial charge on any atom is 0.247 e. The summed E-state index contributed by atoms with van der Waals surface area (Å²) in [6.45, 7) is 2.46. The number of carbonyl (C=O) groups excluding carboxylic acids is 1. The second kappa shape index (κ2) is 6.14. The smallest absolute Gasteiger partial charge is 0.247 e. The fourth-order valence-corrected chi connectivity index (χ4v) is 2.77. The van der Waals surface area contributed by atoms with E-state index in [4.69, 9.17) is 10.3 Å². The zero-order valence-electron chi connectivity index (χ0n) is 13.5. The Morgan fingerprint density at radius 1 is 1.43 bits per heavy atom. The molecule has 1 aliphatic rings. The van der Waals surface area contributed by atoms with Gasteiger partial charge in [-0.3, -0.25) is 9.69 Å². The van der Waals surface area contributed by atoms with E-state index in [0.29, 0.717) is 18.1 Å². The van der Waals surface area contributed by atoms with E-state index >= 15 is 0 Å². The first-order valence-corrected chi connectivity index (χ1v) is 7.75. The van der Waals surface area contributed by atoms with Crippen LogP contribution in [0.4, 0.5) is 5.82 Å². The highest BCUT2D eigenvalue weighted by atomic mass is 16.5. The number of aryl methyl sites for hydroxylation is 1. The van der Waals surface area contributed by atoms with Crippen molar-refractivity contribution in [2.45, 2.75) is 31.3 Å². The molecule has 1 fully saturated rings. The van der Waals surface area contributed by atoms with Crippen LogP contribution in [0.1, 0.15) is 30.2 Å². The van der Waals surface area contributed by atoms with Crippen molar-refractivity contribution in [1.82, 2.24) is 10.1 Å². The molecule has 122 valence electrons. The van der Waals surface area contributed by atoms with Gasteiger partial charge in [-0.25, -0.2) is 0 Å². The lowest BCUT2D eigenvalue weighted by Crippen LogP contribution is -2.43. The van der Waals surface area contributed by atoms with Crippen molar-refractivity contribution in [1.29, 1.82) is 0 Å². The van der Waals surface area contributed by atoms with Gasteiger partial charge >= 0.3 is 0 Å². The SMILES string of the molecule is Cc1cc(NC(=O)C(c2ccccc2)N(C)CC2(N)CC2)no1. The van der Waals surface area contributed by atoms with Crippen LogP contribution in [-0.4, -0.2) is 35.1 Å². The first-order valence-electron chi connectivity index (χ1n) is 7.75. The number of benzene rings is 1. The molecule has 2 aromatic rings. The molecule has 1 atom stereocenters. The molecule has 23 heavy (non-hydrogen) atoms. The van der Waals surface area contributed by atoms with Crippen molar-refractivity contribution in [2.24, 2.45) is 5.73 Å². The zero-order valence-corrected chi connectivity index (χ0v) is 13.5. The second-order valence-corrected chi connectivity index (χ2v) is 6.40. The molecule has 1 aliphatic carbocycles. The number of hydrogen-bond donors (Lipinski definition) is 2. The minimum Gasteiger partial charge on any atom is -0.360 e. The van der Waals surface area contributed by atoms with Crippen LogP contribution in [0.5, 0.6) is 0 Å². The predicted molar refractivity (Wildman–Crippen MR) is 87.8 cm³/mol. The third-order valence-electron chi connectivity index (χ3n) is 4.14. The van der Waals surface area contributed by atoms with Gasteiger partial charge in [0.15, 0.2) is 5.82 Å². The highest BCUT2D eigenvalue weighted by Crippen LogP contribution is 2.35. The number of amides is 1. The van der Waals surface area contributed by atoms with Crippen LogP contribution < -0.4 is 11.1 Å². The first-order chi connectivity index (χ1) is 11.0. The van der Waals surface area contributed by atoms with Crippen molar-refractivity contribution in [3.63, 3.8) is 0 Å². The standard InChI is InChI=1S/C17H22N4O2/c1-12-10-14(20-23-12)19-16(22)15(13-6-4-3-5-7-13)21(2)11-17(18)8-9-17/h3-7,10,15H,8-9,11,18H2,1-2H3,(H,19,20,22). The molecule has 0 radical (unpaired) electrons. The van der Waals surface area contributed by atoms with Gasteiger partial charge in [-0.05, 0) is 32.4 Å². The van der Waals surface area contributed by atoms with Gasteiger partial charge in [0.05, 0.1) is 0 Å². The van der Waals surface area contributed by atoms with E-state index in [-0.39, 0.29) is 11.4 Å². The molecular weight excluding hydrogens is 292 g/mol. The van der Waals surface area contributed by atoms with Crippen molar-refractivity contribution < 1.29 is 9.32 Å². The molecule has 1 saturated carbocycles. The highest BCUT2D eigenvalue weighted by Gasteiger charge is 2.41. The van der Waals surface area contributed by atoms with Crippen molar-refractivity contribution in [3.05, 3.63) is 47.7 Å². The summed E-state index contributed by atoms with van der Waals surface area (Å²) in [4.78, 5) is 14.8. The Labute approximate surface area is 135 Å². The van der Waals surface area contributed by atoms with E-state index in [1.165, 1.54) is 0 Å². The number of nitrogens with two attached hydrogens (primary N) is 1. The average Bonchev–Trinajstić information content (AvgIpc) is 3.08.